The van der Waals surface area contributed by atoms with Crippen molar-refractivity contribution < 1.29 is 0 Å². The van der Waals surface area contributed by atoms with E-state index in [2.05, 4.69) is 69.8 Å². The fourth-order valence-electron chi connectivity index (χ4n) is 3.97. The molecule has 2 aromatic heterocycles. The van der Waals surface area contributed by atoms with Crippen LogP contribution in [0.15, 0.2) is 79.0 Å². The van der Waals surface area contributed by atoms with E-state index >= 15 is 0 Å². The largest absolute Gasteiger partial charge is 0.363 e. The van der Waals surface area contributed by atoms with Gasteiger partial charge in [-0.05, 0) is 66.4 Å². The minimum atomic E-state index is 0.343. The summed E-state index contributed by atoms with van der Waals surface area (Å²) in [5.41, 5.74) is 4.94. The van der Waals surface area contributed by atoms with Gasteiger partial charge in [0.25, 0.3) is 0 Å². The van der Waals surface area contributed by atoms with Crippen LogP contribution in [0.3, 0.4) is 0 Å². The number of aromatic nitrogens is 2. The summed E-state index contributed by atoms with van der Waals surface area (Å²) in [6.07, 6.45) is 4.06. The molecule has 4 nitrogen and oxygen atoms in total. The highest BCUT2D eigenvalue weighted by Gasteiger charge is 2.21. The number of anilines is 3. The molecule has 4 heteroatoms. The predicted molar refractivity (Wildman–Crippen MR) is 115 cm³/mol. The predicted octanol–water partition coefficient (Wildman–Crippen LogP) is 5.50. The molecule has 2 heterocycles. The van der Waals surface area contributed by atoms with E-state index in [9.17, 15) is 0 Å². The lowest BCUT2D eigenvalue weighted by molar-refractivity contribution is 0.758. The molecule has 4 aromatic rings. The molecule has 0 amide bonds. The molecule has 5 rings (SSSR count). The average molecular weight is 366 g/mol. The molecule has 138 valence electrons. The highest BCUT2D eigenvalue weighted by molar-refractivity contribution is 5.85. The summed E-state index contributed by atoms with van der Waals surface area (Å²) in [6, 6.07) is 25.5. The average Bonchev–Trinajstić information content (AvgIpc) is 3.16. The summed E-state index contributed by atoms with van der Waals surface area (Å²) in [5, 5.41) is 4.74. The third-order valence-corrected chi connectivity index (χ3v) is 5.51. The SMILES string of the molecule is CN(c1ccc2nc(N[C@@H]3CCc4ccccc43)ccc2c1)c1ccccn1. The zero-order valence-electron chi connectivity index (χ0n) is 15.8. The first-order chi connectivity index (χ1) is 13.8. The maximum absolute atomic E-state index is 4.84. The van der Waals surface area contributed by atoms with E-state index in [4.69, 9.17) is 4.98 Å². The normalized spacial score (nSPS) is 15.4. The zero-order chi connectivity index (χ0) is 18.9. The first kappa shape index (κ1) is 16.8. The zero-order valence-corrected chi connectivity index (χ0v) is 15.8. The molecule has 0 unspecified atom stereocenters. The van der Waals surface area contributed by atoms with Gasteiger partial charge in [0.1, 0.15) is 11.6 Å². The first-order valence-electron chi connectivity index (χ1n) is 9.68. The third-order valence-electron chi connectivity index (χ3n) is 5.51. The molecule has 0 saturated carbocycles. The fraction of sp³-hybridized carbons (Fsp3) is 0.167. The maximum atomic E-state index is 4.84. The van der Waals surface area contributed by atoms with Gasteiger partial charge >= 0.3 is 0 Å². The summed E-state index contributed by atoms with van der Waals surface area (Å²) in [7, 11) is 2.03. The van der Waals surface area contributed by atoms with Crippen LogP contribution in [0.25, 0.3) is 10.9 Å². The van der Waals surface area contributed by atoms with Crippen LogP contribution >= 0.6 is 0 Å². The van der Waals surface area contributed by atoms with Gasteiger partial charge in [-0.2, -0.15) is 0 Å². The number of aryl methyl sites for hydroxylation is 1. The Morgan fingerprint density at radius 2 is 1.86 bits per heavy atom. The Morgan fingerprint density at radius 1 is 0.964 bits per heavy atom. The topological polar surface area (TPSA) is 41.1 Å². The molecule has 0 saturated heterocycles. The second kappa shape index (κ2) is 6.97. The molecule has 28 heavy (non-hydrogen) atoms. The molecule has 1 atom stereocenters. The van der Waals surface area contributed by atoms with Crippen LogP contribution in [0.1, 0.15) is 23.6 Å². The van der Waals surface area contributed by atoms with E-state index in [0.29, 0.717) is 6.04 Å². The van der Waals surface area contributed by atoms with Crippen LogP contribution in [-0.4, -0.2) is 17.0 Å². The quantitative estimate of drug-likeness (QED) is 0.518. The Bertz CT molecular complexity index is 1120. The number of nitrogens with zero attached hydrogens (tertiary/aromatic N) is 3. The van der Waals surface area contributed by atoms with Crippen LogP contribution in [0, 0.1) is 0 Å². The van der Waals surface area contributed by atoms with Crippen molar-refractivity contribution in [2.24, 2.45) is 0 Å². The number of nitrogens with one attached hydrogen (secondary N) is 1. The number of hydrogen-bond acceptors (Lipinski definition) is 4. The van der Waals surface area contributed by atoms with Crippen molar-refractivity contribution in [1.29, 1.82) is 0 Å². The van der Waals surface area contributed by atoms with Crippen molar-refractivity contribution in [3.8, 4) is 0 Å². The molecular formula is C24H22N4. The second-order valence-electron chi connectivity index (χ2n) is 7.25. The van der Waals surface area contributed by atoms with E-state index in [1.807, 2.05) is 31.4 Å². The summed E-state index contributed by atoms with van der Waals surface area (Å²) < 4.78 is 0. The van der Waals surface area contributed by atoms with Crippen molar-refractivity contribution in [2.75, 3.05) is 17.3 Å². The summed E-state index contributed by atoms with van der Waals surface area (Å²) in [6.45, 7) is 0. The summed E-state index contributed by atoms with van der Waals surface area (Å²) in [4.78, 5) is 11.3. The highest BCUT2D eigenvalue weighted by atomic mass is 15.2. The van der Waals surface area contributed by atoms with Crippen LogP contribution in [0.2, 0.25) is 0 Å². The van der Waals surface area contributed by atoms with Crippen LogP contribution in [-0.2, 0) is 6.42 Å². The Kier molecular flexibility index (Phi) is 4.17. The van der Waals surface area contributed by atoms with E-state index in [1.54, 1.807) is 0 Å². The standard InChI is InChI=1S/C24H22N4/c1-28(24-8-4-5-15-25-24)19-11-13-21-18(16-19)10-14-23(26-21)27-22-12-9-17-6-2-3-7-20(17)22/h2-8,10-11,13-16,22H,9,12H2,1H3,(H,26,27)/t22-/m1/s1. The van der Waals surface area contributed by atoms with Gasteiger partial charge in [0, 0.05) is 24.3 Å². The number of pyridine rings is 2. The number of rotatable bonds is 4. The van der Waals surface area contributed by atoms with Gasteiger partial charge in [0.15, 0.2) is 0 Å². The van der Waals surface area contributed by atoms with E-state index in [0.717, 1.165) is 41.1 Å². The van der Waals surface area contributed by atoms with Gasteiger partial charge in [-0.25, -0.2) is 9.97 Å². The van der Waals surface area contributed by atoms with Gasteiger partial charge in [-0.15, -0.1) is 0 Å². The van der Waals surface area contributed by atoms with Gasteiger partial charge in [0.2, 0.25) is 0 Å². The molecular weight excluding hydrogens is 344 g/mol. The van der Waals surface area contributed by atoms with Crippen molar-refractivity contribution in [3.63, 3.8) is 0 Å². The van der Waals surface area contributed by atoms with E-state index in [-0.39, 0.29) is 0 Å². The van der Waals surface area contributed by atoms with Gasteiger partial charge in [-0.3, -0.25) is 0 Å². The van der Waals surface area contributed by atoms with Gasteiger partial charge in [0.05, 0.1) is 11.6 Å². The van der Waals surface area contributed by atoms with Crippen molar-refractivity contribution in [2.45, 2.75) is 18.9 Å². The minimum Gasteiger partial charge on any atom is -0.363 e. The first-order valence-corrected chi connectivity index (χ1v) is 9.68. The number of benzene rings is 2. The molecule has 1 N–H and O–H groups in total. The molecule has 2 aromatic carbocycles. The number of hydrogen-bond donors (Lipinski definition) is 1. The third kappa shape index (κ3) is 3.07. The van der Waals surface area contributed by atoms with Gasteiger partial charge < -0.3 is 10.2 Å². The molecule has 0 bridgehead atoms. The van der Waals surface area contributed by atoms with Crippen LogP contribution < -0.4 is 10.2 Å². The van der Waals surface area contributed by atoms with E-state index in [1.165, 1.54) is 11.1 Å². The van der Waals surface area contributed by atoms with Crippen LogP contribution in [0.4, 0.5) is 17.3 Å². The van der Waals surface area contributed by atoms with Crippen molar-refractivity contribution in [3.05, 3.63) is 90.1 Å². The molecule has 0 radical (unpaired) electrons. The Balaban J connectivity index is 1.40. The van der Waals surface area contributed by atoms with Crippen molar-refractivity contribution in [1.82, 2.24) is 9.97 Å². The monoisotopic (exact) mass is 366 g/mol. The molecule has 1 aliphatic rings. The molecule has 1 aliphatic carbocycles. The number of fused-ring (bicyclic) bond motifs is 2. The fourth-order valence-corrected chi connectivity index (χ4v) is 3.97. The Hall–Kier alpha value is -3.40. The highest BCUT2D eigenvalue weighted by Crippen LogP contribution is 2.34. The Morgan fingerprint density at radius 3 is 2.75 bits per heavy atom. The molecule has 0 spiro atoms. The van der Waals surface area contributed by atoms with Crippen LogP contribution in [0.5, 0.6) is 0 Å². The smallest absolute Gasteiger partial charge is 0.132 e. The maximum Gasteiger partial charge on any atom is 0.132 e. The Labute approximate surface area is 164 Å². The van der Waals surface area contributed by atoms with Crippen molar-refractivity contribution >= 4 is 28.2 Å². The minimum absolute atomic E-state index is 0.343. The summed E-state index contributed by atoms with van der Waals surface area (Å²) >= 11 is 0. The molecule has 0 aliphatic heterocycles. The summed E-state index contributed by atoms with van der Waals surface area (Å²) in [5.74, 6) is 1.85. The molecule has 0 fully saturated rings. The lowest BCUT2D eigenvalue weighted by atomic mass is 10.1. The second-order valence-corrected chi connectivity index (χ2v) is 7.25. The lowest BCUT2D eigenvalue weighted by Gasteiger charge is -2.19. The van der Waals surface area contributed by atoms with Gasteiger partial charge in [-0.1, -0.05) is 30.3 Å². The lowest BCUT2D eigenvalue weighted by Crippen LogP contribution is -2.11. The van der Waals surface area contributed by atoms with E-state index < -0.39 is 0 Å².